The van der Waals surface area contributed by atoms with E-state index in [9.17, 15) is 14.4 Å². The Kier molecular flexibility index (Phi) is 6.53. The lowest BCUT2D eigenvalue weighted by Gasteiger charge is -2.32. The van der Waals surface area contributed by atoms with Crippen molar-refractivity contribution in [2.45, 2.75) is 45.8 Å². The Bertz CT molecular complexity index is 806. The highest BCUT2D eigenvalue weighted by Crippen LogP contribution is 2.28. The molecule has 158 valence electrons. The molecule has 2 aliphatic rings. The van der Waals surface area contributed by atoms with E-state index in [1.807, 2.05) is 13.8 Å². The van der Waals surface area contributed by atoms with E-state index in [1.54, 1.807) is 11.8 Å². The molecule has 1 saturated heterocycles. The molecule has 1 fully saturated rings. The van der Waals surface area contributed by atoms with Crippen molar-refractivity contribution in [3.63, 3.8) is 0 Å². The number of carbonyl (C=O) groups is 1. The zero-order valence-corrected chi connectivity index (χ0v) is 16.7. The number of piperidine rings is 1. The van der Waals surface area contributed by atoms with Gasteiger partial charge in [0.15, 0.2) is 11.6 Å². The van der Waals surface area contributed by atoms with Gasteiger partial charge in [0, 0.05) is 38.2 Å². The Morgan fingerprint density at radius 1 is 1.28 bits per heavy atom. The Balaban J connectivity index is 1.60. The SMILES string of the molecule is Cc1c(OC2=C(F)CN(O)C=C2)ncnc1OC1CCN(C(=O)OC(C)C)CC1. The number of aromatic nitrogens is 2. The van der Waals surface area contributed by atoms with Crippen LogP contribution in [-0.4, -0.2) is 63.1 Å². The number of rotatable bonds is 5. The number of likely N-dealkylation sites (tertiary alicyclic amines) is 1. The second-order valence-electron chi connectivity index (χ2n) is 7.13. The quantitative estimate of drug-likeness (QED) is 0.794. The largest absolute Gasteiger partial charge is 0.474 e. The highest BCUT2D eigenvalue weighted by atomic mass is 19.1. The average molecular weight is 408 g/mol. The van der Waals surface area contributed by atoms with Crippen LogP contribution >= 0.6 is 0 Å². The number of hydrogen-bond acceptors (Lipinski definition) is 8. The summed E-state index contributed by atoms with van der Waals surface area (Å²) in [6.45, 7) is 6.13. The Morgan fingerprint density at radius 3 is 2.62 bits per heavy atom. The predicted octanol–water partition coefficient (Wildman–Crippen LogP) is 2.95. The van der Waals surface area contributed by atoms with Crippen LogP contribution < -0.4 is 9.47 Å². The number of ether oxygens (including phenoxy) is 3. The van der Waals surface area contributed by atoms with E-state index in [-0.39, 0.29) is 36.5 Å². The van der Waals surface area contributed by atoms with Gasteiger partial charge < -0.3 is 19.1 Å². The minimum absolute atomic E-state index is 0.0278. The number of allylic oxidation sites excluding steroid dienone is 1. The minimum atomic E-state index is -0.615. The van der Waals surface area contributed by atoms with E-state index in [0.717, 1.165) is 0 Å². The van der Waals surface area contributed by atoms with E-state index >= 15 is 0 Å². The molecule has 0 bridgehead atoms. The Hall–Kier alpha value is -2.88. The van der Waals surface area contributed by atoms with E-state index < -0.39 is 5.83 Å². The predicted molar refractivity (Wildman–Crippen MR) is 100 cm³/mol. The molecule has 0 saturated carbocycles. The van der Waals surface area contributed by atoms with Crippen molar-refractivity contribution in [3.8, 4) is 11.8 Å². The molecule has 0 unspecified atom stereocenters. The molecule has 9 nitrogen and oxygen atoms in total. The molecular weight excluding hydrogens is 383 g/mol. The lowest BCUT2D eigenvalue weighted by molar-refractivity contribution is -0.0390. The van der Waals surface area contributed by atoms with Crippen LogP contribution in [0.4, 0.5) is 9.18 Å². The van der Waals surface area contributed by atoms with Crippen LogP contribution in [0.2, 0.25) is 0 Å². The summed E-state index contributed by atoms with van der Waals surface area (Å²) in [7, 11) is 0. The maximum Gasteiger partial charge on any atom is 0.410 e. The number of amides is 1. The van der Waals surface area contributed by atoms with Gasteiger partial charge in [-0.05, 0) is 20.8 Å². The second kappa shape index (κ2) is 9.08. The van der Waals surface area contributed by atoms with Crippen LogP contribution in [0.5, 0.6) is 11.8 Å². The number of carbonyl (C=O) groups excluding carboxylic acids is 1. The van der Waals surface area contributed by atoms with Gasteiger partial charge in [0.25, 0.3) is 0 Å². The molecule has 0 atom stereocenters. The highest BCUT2D eigenvalue weighted by Gasteiger charge is 2.26. The fourth-order valence-electron chi connectivity index (χ4n) is 2.94. The van der Waals surface area contributed by atoms with Crippen molar-refractivity contribution in [2.75, 3.05) is 19.6 Å². The number of halogens is 1. The summed E-state index contributed by atoms with van der Waals surface area (Å²) in [5, 5.41) is 9.99. The van der Waals surface area contributed by atoms with Crippen LogP contribution in [0.1, 0.15) is 32.3 Å². The number of nitrogens with zero attached hydrogens (tertiary/aromatic N) is 4. The molecule has 1 aromatic heterocycles. The van der Waals surface area contributed by atoms with Gasteiger partial charge in [0.1, 0.15) is 19.0 Å². The second-order valence-corrected chi connectivity index (χ2v) is 7.13. The van der Waals surface area contributed by atoms with Crippen molar-refractivity contribution in [3.05, 3.63) is 35.8 Å². The lowest BCUT2D eigenvalue weighted by atomic mass is 10.1. The average Bonchev–Trinajstić information content (AvgIpc) is 2.67. The summed E-state index contributed by atoms with van der Waals surface area (Å²) in [6, 6.07) is 0. The minimum Gasteiger partial charge on any atom is -0.474 e. The standard InChI is InChI=1S/C19H25FN4O5/c1-12(2)27-19(25)23-7-4-14(5-8-23)28-17-13(3)18(22-11-21-17)29-16-6-9-24(26)10-15(16)20/h6,9,11-12,14,26H,4-5,7-8,10H2,1-3H3. The summed E-state index contributed by atoms with van der Waals surface area (Å²) >= 11 is 0. The highest BCUT2D eigenvalue weighted by molar-refractivity contribution is 5.67. The summed E-state index contributed by atoms with van der Waals surface area (Å²) < 4.78 is 30.7. The van der Waals surface area contributed by atoms with E-state index in [1.165, 1.54) is 18.6 Å². The molecule has 0 radical (unpaired) electrons. The van der Waals surface area contributed by atoms with Gasteiger partial charge in [-0.25, -0.2) is 19.2 Å². The van der Waals surface area contributed by atoms with Crippen LogP contribution in [0.15, 0.2) is 30.2 Å². The van der Waals surface area contributed by atoms with Gasteiger partial charge in [0.2, 0.25) is 11.8 Å². The summed E-state index contributed by atoms with van der Waals surface area (Å²) in [5.74, 6) is -0.118. The van der Waals surface area contributed by atoms with E-state index in [2.05, 4.69) is 9.97 Å². The molecule has 0 aromatic carbocycles. The first-order valence-electron chi connectivity index (χ1n) is 9.47. The smallest absolute Gasteiger partial charge is 0.410 e. The summed E-state index contributed by atoms with van der Waals surface area (Å²) in [6.07, 6.45) is 4.59. The van der Waals surface area contributed by atoms with Crippen molar-refractivity contribution < 1.29 is 28.6 Å². The molecule has 0 aliphatic carbocycles. The fourth-order valence-corrected chi connectivity index (χ4v) is 2.94. The van der Waals surface area contributed by atoms with Gasteiger partial charge >= 0.3 is 6.09 Å². The van der Waals surface area contributed by atoms with Gasteiger partial charge in [0.05, 0.1) is 11.7 Å². The zero-order chi connectivity index (χ0) is 21.0. The Morgan fingerprint density at radius 2 is 1.97 bits per heavy atom. The molecule has 10 heteroatoms. The molecule has 2 aliphatic heterocycles. The number of hydroxylamine groups is 2. The first-order chi connectivity index (χ1) is 13.8. The lowest BCUT2D eigenvalue weighted by Crippen LogP contribution is -2.42. The summed E-state index contributed by atoms with van der Waals surface area (Å²) in [5.41, 5.74) is 0.536. The van der Waals surface area contributed by atoms with Gasteiger partial charge in [-0.1, -0.05) is 0 Å². The van der Waals surface area contributed by atoms with E-state index in [4.69, 9.17) is 14.2 Å². The van der Waals surface area contributed by atoms with Crippen LogP contribution in [0, 0.1) is 6.92 Å². The molecule has 3 heterocycles. The number of hydrogen-bond donors (Lipinski definition) is 1. The maximum absolute atomic E-state index is 14.0. The van der Waals surface area contributed by atoms with Crippen LogP contribution in [0.3, 0.4) is 0 Å². The molecule has 1 aromatic rings. The van der Waals surface area contributed by atoms with Crippen molar-refractivity contribution in [2.24, 2.45) is 0 Å². The molecule has 3 rings (SSSR count). The molecule has 29 heavy (non-hydrogen) atoms. The maximum atomic E-state index is 14.0. The normalized spacial score (nSPS) is 17.7. The first kappa shape index (κ1) is 20.8. The molecular formula is C19H25FN4O5. The third-order valence-corrected chi connectivity index (χ3v) is 4.48. The Labute approximate surface area is 168 Å². The molecule has 0 spiro atoms. The van der Waals surface area contributed by atoms with Crippen molar-refractivity contribution >= 4 is 6.09 Å². The third-order valence-electron chi connectivity index (χ3n) is 4.48. The van der Waals surface area contributed by atoms with Gasteiger partial charge in [-0.2, -0.15) is 0 Å². The van der Waals surface area contributed by atoms with Crippen LogP contribution in [0.25, 0.3) is 0 Å². The van der Waals surface area contributed by atoms with Crippen molar-refractivity contribution in [1.82, 2.24) is 19.9 Å². The zero-order valence-electron chi connectivity index (χ0n) is 16.7. The molecule has 1 N–H and O–H groups in total. The van der Waals surface area contributed by atoms with Crippen molar-refractivity contribution in [1.29, 1.82) is 0 Å². The van der Waals surface area contributed by atoms with Gasteiger partial charge in [-0.15, -0.1) is 0 Å². The first-order valence-corrected chi connectivity index (χ1v) is 9.47. The third kappa shape index (κ3) is 5.35. The topological polar surface area (TPSA) is 97.3 Å². The molecule has 1 amide bonds. The summed E-state index contributed by atoms with van der Waals surface area (Å²) in [4.78, 5) is 21.8. The monoisotopic (exact) mass is 408 g/mol. The van der Waals surface area contributed by atoms with E-state index in [0.29, 0.717) is 42.4 Å². The van der Waals surface area contributed by atoms with Gasteiger partial charge in [-0.3, -0.25) is 10.3 Å². The van der Waals surface area contributed by atoms with Crippen LogP contribution in [-0.2, 0) is 4.74 Å². The fraction of sp³-hybridized carbons (Fsp3) is 0.526.